The summed E-state index contributed by atoms with van der Waals surface area (Å²) >= 11 is 0. The lowest BCUT2D eigenvalue weighted by molar-refractivity contribution is 0.242. The molecule has 0 saturated carbocycles. The molecule has 2 nitrogen and oxygen atoms in total. The molecule has 0 aliphatic rings. The highest BCUT2D eigenvalue weighted by molar-refractivity contribution is 5.60. The second-order valence-electron chi connectivity index (χ2n) is 4.33. The largest absolute Gasteiger partial charge is 0.491 e. The van der Waals surface area contributed by atoms with Crippen LogP contribution in [0.2, 0.25) is 0 Å². The molecule has 0 fully saturated rings. The molecule has 0 bridgehead atoms. The fourth-order valence-corrected chi connectivity index (χ4v) is 1.62. The van der Waals surface area contributed by atoms with Crippen LogP contribution in [-0.2, 0) is 0 Å². The Morgan fingerprint density at radius 1 is 1.00 bits per heavy atom. The lowest BCUT2D eigenvalue weighted by Crippen LogP contribution is -2.05. The van der Waals surface area contributed by atoms with Crippen molar-refractivity contribution in [1.82, 2.24) is 0 Å². The van der Waals surface area contributed by atoms with E-state index in [-0.39, 0.29) is 11.9 Å². The first kappa shape index (κ1) is 12.4. The van der Waals surface area contributed by atoms with Crippen molar-refractivity contribution in [2.24, 2.45) is 0 Å². The van der Waals surface area contributed by atoms with Crippen molar-refractivity contribution < 1.29 is 9.13 Å². The summed E-state index contributed by atoms with van der Waals surface area (Å²) in [4.78, 5) is 0. The van der Waals surface area contributed by atoms with Crippen molar-refractivity contribution in [3.05, 3.63) is 54.3 Å². The van der Waals surface area contributed by atoms with Gasteiger partial charge in [-0.15, -0.1) is 0 Å². The SMILES string of the molecule is CC(C)Oc1ccc(Nc2cccc(F)c2)cc1. The molecule has 0 amide bonds. The number of hydrogen-bond donors (Lipinski definition) is 1. The van der Waals surface area contributed by atoms with Gasteiger partial charge in [0.2, 0.25) is 0 Å². The Kier molecular flexibility index (Phi) is 3.82. The maximum Gasteiger partial charge on any atom is 0.125 e. The Morgan fingerprint density at radius 2 is 1.72 bits per heavy atom. The molecule has 0 unspecified atom stereocenters. The molecule has 0 spiro atoms. The highest BCUT2D eigenvalue weighted by Gasteiger charge is 1.99. The highest BCUT2D eigenvalue weighted by Crippen LogP contribution is 2.21. The molecule has 3 heteroatoms. The van der Waals surface area contributed by atoms with Crippen molar-refractivity contribution in [1.29, 1.82) is 0 Å². The zero-order chi connectivity index (χ0) is 13.0. The van der Waals surface area contributed by atoms with Crippen LogP contribution in [0.25, 0.3) is 0 Å². The van der Waals surface area contributed by atoms with Gasteiger partial charge in [-0.3, -0.25) is 0 Å². The Balaban J connectivity index is 2.06. The molecule has 2 aromatic rings. The zero-order valence-electron chi connectivity index (χ0n) is 10.5. The quantitative estimate of drug-likeness (QED) is 0.864. The van der Waals surface area contributed by atoms with Gasteiger partial charge in [0.05, 0.1) is 6.10 Å². The number of ether oxygens (including phenoxy) is 1. The molecule has 94 valence electrons. The van der Waals surface area contributed by atoms with Crippen molar-refractivity contribution >= 4 is 11.4 Å². The maximum absolute atomic E-state index is 13.0. The number of nitrogens with one attached hydrogen (secondary N) is 1. The third-order valence-electron chi connectivity index (χ3n) is 2.34. The van der Waals surface area contributed by atoms with E-state index in [1.54, 1.807) is 6.07 Å². The second kappa shape index (κ2) is 5.54. The van der Waals surface area contributed by atoms with E-state index in [1.807, 2.05) is 44.2 Å². The first-order valence-electron chi connectivity index (χ1n) is 5.93. The summed E-state index contributed by atoms with van der Waals surface area (Å²) in [5.41, 5.74) is 1.63. The van der Waals surface area contributed by atoms with Crippen molar-refractivity contribution in [3.8, 4) is 5.75 Å². The first-order valence-corrected chi connectivity index (χ1v) is 5.93. The lowest BCUT2D eigenvalue weighted by atomic mass is 10.2. The number of halogens is 1. The minimum Gasteiger partial charge on any atom is -0.491 e. The van der Waals surface area contributed by atoms with Gasteiger partial charge in [-0.05, 0) is 56.3 Å². The van der Waals surface area contributed by atoms with E-state index in [0.717, 1.165) is 17.1 Å². The summed E-state index contributed by atoms with van der Waals surface area (Å²) in [5, 5.41) is 3.13. The molecule has 2 rings (SSSR count). The third kappa shape index (κ3) is 3.48. The van der Waals surface area contributed by atoms with Crippen LogP contribution < -0.4 is 10.1 Å². The van der Waals surface area contributed by atoms with Crippen LogP contribution in [0.3, 0.4) is 0 Å². The molecule has 0 aliphatic carbocycles. The predicted octanol–water partition coefficient (Wildman–Crippen LogP) is 4.36. The molecular formula is C15H16FNO. The number of anilines is 2. The fourth-order valence-electron chi connectivity index (χ4n) is 1.62. The topological polar surface area (TPSA) is 21.3 Å². The minimum absolute atomic E-state index is 0.159. The molecule has 0 heterocycles. The zero-order valence-corrected chi connectivity index (χ0v) is 10.5. The van der Waals surface area contributed by atoms with Gasteiger partial charge >= 0.3 is 0 Å². The summed E-state index contributed by atoms with van der Waals surface area (Å²) in [6.07, 6.45) is 0.159. The van der Waals surface area contributed by atoms with E-state index >= 15 is 0 Å². The molecule has 0 saturated heterocycles. The van der Waals surface area contributed by atoms with Gasteiger partial charge in [0.25, 0.3) is 0 Å². The molecule has 0 aromatic heterocycles. The summed E-state index contributed by atoms with van der Waals surface area (Å²) in [6, 6.07) is 14.0. The first-order chi connectivity index (χ1) is 8.63. The molecule has 18 heavy (non-hydrogen) atoms. The van der Waals surface area contributed by atoms with Gasteiger partial charge in [0.1, 0.15) is 11.6 Å². The van der Waals surface area contributed by atoms with Gasteiger partial charge in [-0.25, -0.2) is 4.39 Å². The summed E-state index contributed by atoms with van der Waals surface area (Å²) in [6.45, 7) is 3.97. The Bertz CT molecular complexity index is 508. The number of benzene rings is 2. The van der Waals surface area contributed by atoms with E-state index in [1.165, 1.54) is 12.1 Å². The summed E-state index contributed by atoms with van der Waals surface area (Å²) in [7, 11) is 0. The van der Waals surface area contributed by atoms with E-state index in [2.05, 4.69) is 5.32 Å². The van der Waals surface area contributed by atoms with Crippen LogP contribution in [-0.4, -0.2) is 6.10 Å². The van der Waals surface area contributed by atoms with Crippen LogP contribution in [0.15, 0.2) is 48.5 Å². The highest BCUT2D eigenvalue weighted by atomic mass is 19.1. The molecule has 0 radical (unpaired) electrons. The van der Waals surface area contributed by atoms with Crippen molar-refractivity contribution in [2.75, 3.05) is 5.32 Å². The average Bonchev–Trinajstić information content (AvgIpc) is 2.31. The monoisotopic (exact) mass is 245 g/mol. The summed E-state index contributed by atoms with van der Waals surface area (Å²) in [5.74, 6) is 0.578. The smallest absolute Gasteiger partial charge is 0.125 e. The van der Waals surface area contributed by atoms with E-state index in [0.29, 0.717) is 0 Å². The van der Waals surface area contributed by atoms with Gasteiger partial charge < -0.3 is 10.1 Å². The average molecular weight is 245 g/mol. The molecule has 0 atom stereocenters. The van der Waals surface area contributed by atoms with Crippen LogP contribution in [0, 0.1) is 5.82 Å². The Morgan fingerprint density at radius 3 is 2.33 bits per heavy atom. The number of hydrogen-bond acceptors (Lipinski definition) is 2. The normalized spacial score (nSPS) is 10.4. The van der Waals surface area contributed by atoms with Crippen LogP contribution >= 0.6 is 0 Å². The predicted molar refractivity (Wildman–Crippen MR) is 71.9 cm³/mol. The minimum atomic E-state index is -0.250. The Labute approximate surface area is 106 Å². The van der Waals surface area contributed by atoms with E-state index in [4.69, 9.17) is 4.74 Å². The molecular weight excluding hydrogens is 229 g/mol. The van der Waals surface area contributed by atoms with Crippen molar-refractivity contribution in [3.63, 3.8) is 0 Å². The van der Waals surface area contributed by atoms with Crippen LogP contribution in [0.1, 0.15) is 13.8 Å². The molecule has 0 aliphatic heterocycles. The van der Waals surface area contributed by atoms with Gasteiger partial charge in [0, 0.05) is 11.4 Å². The van der Waals surface area contributed by atoms with Crippen LogP contribution in [0.4, 0.5) is 15.8 Å². The lowest BCUT2D eigenvalue weighted by Gasteiger charge is -2.11. The van der Waals surface area contributed by atoms with Gasteiger partial charge in [-0.2, -0.15) is 0 Å². The fraction of sp³-hybridized carbons (Fsp3) is 0.200. The Hall–Kier alpha value is -2.03. The summed E-state index contributed by atoms with van der Waals surface area (Å²) < 4.78 is 18.6. The molecule has 2 aromatic carbocycles. The second-order valence-corrected chi connectivity index (χ2v) is 4.33. The number of rotatable bonds is 4. The molecule has 1 N–H and O–H groups in total. The standard InChI is InChI=1S/C15H16FNO/c1-11(2)18-15-8-6-13(7-9-15)17-14-5-3-4-12(16)10-14/h3-11,17H,1-2H3. The van der Waals surface area contributed by atoms with Gasteiger partial charge in [0.15, 0.2) is 0 Å². The maximum atomic E-state index is 13.0. The van der Waals surface area contributed by atoms with E-state index in [9.17, 15) is 4.39 Å². The van der Waals surface area contributed by atoms with Gasteiger partial charge in [-0.1, -0.05) is 6.07 Å². The van der Waals surface area contributed by atoms with E-state index < -0.39 is 0 Å². The van der Waals surface area contributed by atoms with Crippen molar-refractivity contribution in [2.45, 2.75) is 20.0 Å². The van der Waals surface area contributed by atoms with Crippen LogP contribution in [0.5, 0.6) is 5.75 Å². The third-order valence-corrected chi connectivity index (χ3v) is 2.34.